The highest BCUT2D eigenvalue weighted by atomic mass is 14.2. The van der Waals surface area contributed by atoms with E-state index in [1.54, 1.807) is 6.42 Å². The number of hydrogen-bond donors (Lipinski definition) is 0. The summed E-state index contributed by atoms with van der Waals surface area (Å²) in [5.41, 5.74) is 0. The molecule has 1 heteroatoms. The summed E-state index contributed by atoms with van der Waals surface area (Å²) in [4.78, 5) is 0. The fourth-order valence-electron chi connectivity index (χ4n) is 2.72. The molecule has 1 radical (unpaired) electrons. The second kappa shape index (κ2) is 19.2. The Morgan fingerprint density at radius 1 is 0.571 bits per heavy atom. The molecule has 0 rings (SSSR count). The summed E-state index contributed by atoms with van der Waals surface area (Å²) in [6.45, 7) is 3.76. The number of nitrogens with zero attached hydrogens (tertiary/aromatic N) is 1. The van der Waals surface area contributed by atoms with Crippen LogP contribution in [-0.2, 0) is 0 Å². The molecular weight excluding hydrogens is 254 g/mol. The van der Waals surface area contributed by atoms with E-state index >= 15 is 0 Å². The van der Waals surface area contributed by atoms with Crippen molar-refractivity contribution in [3.63, 3.8) is 0 Å². The SMILES string of the molecule is C=CCCCCCCCCCCCCCCCC[CH]C#N. The van der Waals surface area contributed by atoms with Gasteiger partial charge in [-0.25, -0.2) is 0 Å². The highest BCUT2D eigenvalue weighted by molar-refractivity contribution is 4.90. The van der Waals surface area contributed by atoms with Gasteiger partial charge in [0.15, 0.2) is 0 Å². The van der Waals surface area contributed by atoms with Crippen LogP contribution < -0.4 is 0 Å². The Morgan fingerprint density at radius 3 is 1.24 bits per heavy atom. The first-order valence-corrected chi connectivity index (χ1v) is 9.24. The molecule has 0 atom stereocenters. The van der Waals surface area contributed by atoms with E-state index in [4.69, 9.17) is 5.26 Å². The van der Waals surface area contributed by atoms with Crippen LogP contribution in [0.2, 0.25) is 0 Å². The molecule has 0 aromatic carbocycles. The lowest BCUT2D eigenvalue weighted by Gasteiger charge is -2.03. The molecule has 0 aromatic heterocycles. The maximum Gasteiger partial charge on any atom is 0.0669 e. The van der Waals surface area contributed by atoms with Gasteiger partial charge in [0.05, 0.1) is 12.5 Å². The van der Waals surface area contributed by atoms with Crippen molar-refractivity contribution < 1.29 is 0 Å². The van der Waals surface area contributed by atoms with E-state index in [-0.39, 0.29) is 0 Å². The number of nitriles is 1. The van der Waals surface area contributed by atoms with Crippen molar-refractivity contribution in [1.29, 1.82) is 5.26 Å². The zero-order chi connectivity index (χ0) is 15.4. The topological polar surface area (TPSA) is 23.8 Å². The molecule has 1 nitrogen and oxygen atoms in total. The van der Waals surface area contributed by atoms with Crippen molar-refractivity contribution >= 4 is 0 Å². The molecule has 0 unspecified atom stereocenters. The van der Waals surface area contributed by atoms with Crippen molar-refractivity contribution in [2.75, 3.05) is 0 Å². The highest BCUT2D eigenvalue weighted by Gasteiger charge is 1.94. The van der Waals surface area contributed by atoms with Crippen LogP contribution in [0.5, 0.6) is 0 Å². The molecule has 0 aromatic rings. The van der Waals surface area contributed by atoms with Gasteiger partial charge in [0.1, 0.15) is 0 Å². The molecule has 0 saturated carbocycles. The smallest absolute Gasteiger partial charge is 0.0669 e. The minimum absolute atomic E-state index is 0.976. The molecule has 121 valence electrons. The second-order valence-corrected chi connectivity index (χ2v) is 6.15. The second-order valence-electron chi connectivity index (χ2n) is 6.15. The summed E-state index contributed by atoms with van der Waals surface area (Å²) in [5.74, 6) is 0. The van der Waals surface area contributed by atoms with Crippen molar-refractivity contribution in [3.8, 4) is 6.07 Å². The van der Waals surface area contributed by atoms with Crippen LogP contribution in [-0.4, -0.2) is 0 Å². The molecular formula is C20H36N. The largest absolute Gasteiger partial charge is 0.198 e. The predicted molar refractivity (Wildman–Crippen MR) is 94.0 cm³/mol. The third-order valence-corrected chi connectivity index (χ3v) is 4.10. The van der Waals surface area contributed by atoms with Crippen molar-refractivity contribution in [1.82, 2.24) is 0 Å². The van der Waals surface area contributed by atoms with Gasteiger partial charge in [0.2, 0.25) is 0 Å². The van der Waals surface area contributed by atoms with Crippen molar-refractivity contribution in [2.24, 2.45) is 0 Å². The van der Waals surface area contributed by atoms with Gasteiger partial charge in [-0.1, -0.05) is 89.5 Å². The van der Waals surface area contributed by atoms with Gasteiger partial charge < -0.3 is 0 Å². The van der Waals surface area contributed by atoms with E-state index < -0.39 is 0 Å². The third kappa shape index (κ3) is 19.2. The van der Waals surface area contributed by atoms with Gasteiger partial charge in [-0.3, -0.25) is 0 Å². The Hall–Kier alpha value is -0.770. The molecule has 0 saturated heterocycles. The average Bonchev–Trinajstić information content (AvgIpc) is 2.50. The zero-order valence-corrected chi connectivity index (χ0v) is 14.1. The first kappa shape index (κ1) is 20.2. The normalized spacial score (nSPS) is 10.4. The van der Waals surface area contributed by atoms with Crippen LogP contribution in [0, 0.1) is 17.8 Å². The maximum atomic E-state index is 8.38. The lowest BCUT2D eigenvalue weighted by atomic mass is 10.0. The van der Waals surface area contributed by atoms with E-state index in [9.17, 15) is 0 Å². The number of unbranched alkanes of at least 4 members (excludes halogenated alkanes) is 16. The van der Waals surface area contributed by atoms with Gasteiger partial charge in [0.25, 0.3) is 0 Å². The van der Waals surface area contributed by atoms with Crippen LogP contribution in [0.3, 0.4) is 0 Å². The lowest BCUT2D eigenvalue weighted by Crippen LogP contribution is -1.83. The van der Waals surface area contributed by atoms with Gasteiger partial charge in [-0.15, -0.1) is 6.58 Å². The summed E-state index contributed by atoms with van der Waals surface area (Å²) in [6, 6.07) is 2.09. The predicted octanol–water partition coefficient (Wildman–Crippen LogP) is 7.14. The summed E-state index contributed by atoms with van der Waals surface area (Å²) < 4.78 is 0. The molecule has 0 amide bonds. The Kier molecular flexibility index (Phi) is 18.5. The Morgan fingerprint density at radius 2 is 0.905 bits per heavy atom. The van der Waals surface area contributed by atoms with E-state index in [1.165, 1.54) is 96.3 Å². The fourth-order valence-corrected chi connectivity index (χ4v) is 2.72. The van der Waals surface area contributed by atoms with Gasteiger partial charge >= 0.3 is 0 Å². The highest BCUT2D eigenvalue weighted by Crippen LogP contribution is 2.13. The molecule has 0 aliphatic rings. The summed E-state index contributed by atoms with van der Waals surface area (Å²) in [6.07, 6.45) is 25.3. The maximum absolute atomic E-state index is 8.38. The van der Waals surface area contributed by atoms with E-state index in [1.807, 2.05) is 6.08 Å². The Bertz CT molecular complexity index is 239. The molecule has 0 fully saturated rings. The lowest BCUT2D eigenvalue weighted by molar-refractivity contribution is 0.534. The molecule has 0 N–H and O–H groups in total. The number of allylic oxidation sites excluding steroid dienone is 1. The first-order chi connectivity index (χ1) is 10.4. The van der Waals surface area contributed by atoms with Crippen LogP contribution in [0.25, 0.3) is 0 Å². The van der Waals surface area contributed by atoms with Crippen LogP contribution in [0.4, 0.5) is 0 Å². The van der Waals surface area contributed by atoms with E-state index in [0.717, 1.165) is 6.42 Å². The molecule has 0 aliphatic heterocycles. The van der Waals surface area contributed by atoms with Gasteiger partial charge in [0, 0.05) is 0 Å². The fraction of sp³-hybridized carbons (Fsp3) is 0.800. The third-order valence-electron chi connectivity index (χ3n) is 4.10. The monoisotopic (exact) mass is 290 g/mol. The van der Waals surface area contributed by atoms with Crippen molar-refractivity contribution in [3.05, 3.63) is 19.1 Å². The molecule has 0 spiro atoms. The average molecular weight is 291 g/mol. The minimum atomic E-state index is 0.976. The van der Waals surface area contributed by atoms with Crippen LogP contribution >= 0.6 is 0 Å². The zero-order valence-electron chi connectivity index (χ0n) is 14.1. The first-order valence-electron chi connectivity index (χ1n) is 9.24. The Labute approximate surface area is 133 Å². The van der Waals surface area contributed by atoms with Crippen LogP contribution in [0.1, 0.15) is 103 Å². The number of rotatable bonds is 17. The molecule has 21 heavy (non-hydrogen) atoms. The minimum Gasteiger partial charge on any atom is -0.198 e. The van der Waals surface area contributed by atoms with Crippen molar-refractivity contribution in [2.45, 2.75) is 103 Å². The van der Waals surface area contributed by atoms with Gasteiger partial charge in [-0.2, -0.15) is 5.26 Å². The summed E-state index contributed by atoms with van der Waals surface area (Å²) >= 11 is 0. The van der Waals surface area contributed by atoms with E-state index in [0.29, 0.717) is 0 Å². The molecule has 0 aliphatic carbocycles. The quantitative estimate of drug-likeness (QED) is 0.206. The summed E-state index contributed by atoms with van der Waals surface area (Å²) in [5, 5.41) is 8.38. The standard InChI is InChI=1S/C20H36N/c1-2-3-4-5-6-7-8-9-10-11-12-13-14-15-16-17-18-19-20-21/h2,19H,1,3-18H2. The Balaban J connectivity index is 2.93. The number of hydrogen-bond acceptors (Lipinski definition) is 1. The summed E-state index contributed by atoms with van der Waals surface area (Å²) in [7, 11) is 0. The van der Waals surface area contributed by atoms with Gasteiger partial charge in [-0.05, 0) is 19.3 Å². The van der Waals surface area contributed by atoms with E-state index in [2.05, 4.69) is 12.6 Å². The van der Waals surface area contributed by atoms with Crippen LogP contribution in [0.15, 0.2) is 12.7 Å². The molecule has 0 heterocycles. The molecule has 0 bridgehead atoms.